The Morgan fingerprint density at radius 3 is 2.35 bits per heavy atom. The molecule has 0 aliphatic heterocycles. The highest BCUT2D eigenvalue weighted by atomic mass is 32.1. The van der Waals surface area contributed by atoms with Gasteiger partial charge in [-0.15, -0.1) is 0 Å². The molecule has 0 fully saturated rings. The van der Waals surface area contributed by atoms with E-state index in [9.17, 15) is 29.8 Å². The van der Waals surface area contributed by atoms with Gasteiger partial charge >= 0.3 is 5.97 Å². The quantitative estimate of drug-likeness (QED) is 0.247. The number of rotatable bonds is 6. The molecule has 3 aromatic rings. The van der Waals surface area contributed by atoms with Crippen molar-refractivity contribution in [2.24, 2.45) is 4.99 Å². The molecular weight excluding hydrogens is 428 g/mol. The monoisotopic (exact) mass is 442 g/mol. The highest BCUT2D eigenvalue weighted by Gasteiger charge is 2.14. The predicted molar refractivity (Wildman–Crippen MR) is 111 cm³/mol. The molecule has 0 aliphatic rings. The number of thiazole rings is 1. The fourth-order valence-corrected chi connectivity index (χ4v) is 3.68. The van der Waals surface area contributed by atoms with Crippen LogP contribution in [-0.2, 0) is 20.9 Å². The molecule has 0 spiro atoms. The van der Waals surface area contributed by atoms with Crippen molar-refractivity contribution in [3.8, 4) is 0 Å². The molecule has 1 aromatic heterocycles. The van der Waals surface area contributed by atoms with Gasteiger partial charge in [-0.05, 0) is 29.8 Å². The average Bonchev–Trinajstić information content (AvgIpc) is 3.08. The number of carbonyl (C=O) groups is 2. The number of amides is 1. The van der Waals surface area contributed by atoms with Crippen molar-refractivity contribution in [2.45, 2.75) is 6.54 Å². The van der Waals surface area contributed by atoms with Crippen molar-refractivity contribution in [2.75, 3.05) is 7.11 Å². The number of fused-ring (bicyclic) bond motifs is 1. The number of carbonyl (C=O) groups excluding carboxylic acids is 2. The summed E-state index contributed by atoms with van der Waals surface area (Å²) >= 11 is 1.02. The van der Waals surface area contributed by atoms with Crippen LogP contribution < -0.4 is 4.80 Å². The number of esters is 1. The van der Waals surface area contributed by atoms with Gasteiger partial charge in [0, 0.05) is 30.3 Å². The number of hydrogen-bond acceptors (Lipinski definition) is 8. The lowest BCUT2D eigenvalue weighted by atomic mass is 10.2. The van der Waals surface area contributed by atoms with Gasteiger partial charge in [0.05, 0.1) is 27.2 Å². The third-order valence-corrected chi connectivity index (χ3v) is 5.16. The number of aromatic nitrogens is 1. The minimum atomic E-state index is -0.641. The van der Waals surface area contributed by atoms with Gasteiger partial charge in [-0.25, -0.2) is 0 Å². The fraction of sp³-hybridized carbons (Fsp3) is 0.105. The minimum Gasteiger partial charge on any atom is -0.468 e. The predicted octanol–water partition coefficient (Wildman–Crippen LogP) is 2.83. The molecule has 0 unspecified atom stereocenters. The van der Waals surface area contributed by atoms with Crippen LogP contribution in [0.5, 0.6) is 0 Å². The molecule has 0 radical (unpaired) electrons. The summed E-state index contributed by atoms with van der Waals surface area (Å²) in [7, 11) is 1.22. The maximum Gasteiger partial charge on any atom is 0.325 e. The fourth-order valence-electron chi connectivity index (χ4n) is 2.61. The highest BCUT2D eigenvalue weighted by Crippen LogP contribution is 2.23. The van der Waals surface area contributed by atoms with Crippen molar-refractivity contribution in [3.05, 3.63) is 79.1 Å². The molecule has 158 valence electrons. The maximum absolute atomic E-state index is 12.3. The van der Waals surface area contributed by atoms with E-state index in [2.05, 4.69) is 9.73 Å². The first kappa shape index (κ1) is 21.5. The van der Waals surface area contributed by atoms with E-state index >= 15 is 0 Å². The van der Waals surface area contributed by atoms with E-state index in [4.69, 9.17) is 0 Å². The first-order valence-electron chi connectivity index (χ1n) is 8.64. The summed E-state index contributed by atoms with van der Waals surface area (Å²) in [6, 6.07) is 9.70. The third kappa shape index (κ3) is 5.05. The van der Waals surface area contributed by atoms with Crippen LogP contribution in [0.25, 0.3) is 16.3 Å². The zero-order valence-electron chi connectivity index (χ0n) is 16.0. The SMILES string of the molecule is COC(=O)Cn1c(=NC(=O)C=Cc2ccc([N+](=O)[O-])cc2)sc2cc([N+](=O)[O-])ccc21. The normalized spacial score (nSPS) is 11.7. The van der Waals surface area contributed by atoms with E-state index < -0.39 is 21.7 Å². The van der Waals surface area contributed by atoms with E-state index in [1.807, 2.05) is 0 Å². The van der Waals surface area contributed by atoms with E-state index in [-0.39, 0.29) is 22.7 Å². The molecule has 0 saturated carbocycles. The molecule has 11 nitrogen and oxygen atoms in total. The molecular formula is C19H14N4O7S. The van der Waals surface area contributed by atoms with Gasteiger partial charge in [-0.2, -0.15) is 4.99 Å². The van der Waals surface area contributed by atoms with Gasteiger partial charge in [0.25, 0.3) is 17.3 Å². The topological polar surface area (TPSA) is 147 Å². The van der Waals surface area contributed by atoms with Gasteiger partial charge < -0.3 is 9.30 Å². The number of nitrogens with zero attached hydrogens (tertiary/aromatic N) is 4. The van der Waals surface area contributed by atoms with Crippen LogP contribution in [0.2, 0.25) is 0 Å². The molecule has 0 atom stereocenters. The van der Waals surface area contributed by atoms with Crippen molar-refractivity contribution < 1.29 is 24.2 Å². The maximum atomic E-state index is 12.3. The van der Waals surface area contributed by atoms with Gasteiger partial charge in [0.1, 0.15) is 6.54 Å². The lowest BCUT2D eigenvalue weighted by Gasteiger charge is -2.03. The van der Waals surface area contributed by atoms with Crippen LogP contribution in [0.4, 0.5) is 11.4 Å². The molecule has 0 aliphatic carbocycles. The second-order valence-corrected chi connectivity index (χ2v) is 7.10. The Kier molecular flexibility index (Phi) is 6.31. The van der Waals surface area contributed by atoms with Gasteiger partial charge in [0.15, 0.2) is 4.80 Å². The highest BCUT2D eigenvalue weighted by molar-refractivity contribution is 7.16. The Balaban J connectivity index is 1.97. The Labute approximate surface area is 177 Å². The van der Waals surface area contributed by atoms with Crippen LogP contribution in [0, 0.1) is 20.2 Å². The number of nitro benzene ring substituents is 2. The number of methoxy groups -OCH3 is 1. The molecule has 1 heterocycles. The molecule has 31 heavy (non-hydrogen) atoms. The zero-order chi connectivity index (χ0) is 22.5. The largest absolute Gasteiger partial charge is 0.468 e. The number of hydrogen-bond donors (Lipinski definition) is 0. The number of nitro groups is 2. The van der Waals surface area contributed by atoms with Crippen LogP contribution in [-0.4, -0.2) is 33.4 Å². The summed E-state index contributed by atoms with van der Waals surface area (Å²) in [4.78, 5) is 48.9. The van der Waals surface area contributed by atoms with Crippen LogP contribution in [0.1, 0.15) is 5.56 Å². The van der Waals surface area contributed by atoms with E-state index in [0.717, 1.165) is 11.3 Å². The lowest BCUT2D eigenvalue weighted by Crippen LogP contribution is -2.22. The smallest absolute Gasteiger partial charge is 0.325 e. The molecule has 0 N–H and O–H groups in total. The molecule has 2 aromatic carbocycles. The molecule has 3 rings (SSSR count). The Bertz CT molecular complexity index is 1290. The number of non-ortho nitro benzene ring substituents is 2. The second kappa shape index (κ2) is 9.09. The summed E-state index contributed by atoms with van der Waals surface area (Å²) in [6.07, 6.45) is 2.62. The van der Waals surface area contributed by atoms with E-state index in [0.29, 0.717) is 15.8 Å². The Hall–Kier alpha value is -4.19. The van der Waals surface area contributed by atoms with Crippen LogP contribution in [0.15, 0.2) is 53.5 Å². The average molecular weight is 442 g/mol. The summed E-state index contributed by atoms with van der Waals surface area (Å²) in [6.45, 7) is -0.230. The molecule has 0 bridgehead atoms. The Morgan fingerprint density at radius 2 is 1.74 bits per heavy atom. The number of benzene rings is 2. The first-order valence-corrected chi connectivity index (χ1v) is 9.46. The van der Waals surface area contributed by atoms with Crippen molar-refractivity contribution in [3.63, 3.8) is 0 Å². The van der Waals surface area contributed by atoms with Crippen molar-refractivity contribution in [1.29, 1.82) is 0 Å². The zero-order valence-corrected chi connectivity index (χ0v) is 16.8. The van der Waals surface area contributed by atoms with Gasteiger partial charge in [-0.3, -0.25) is 29.8 Å². The van der Waals surface area contributed by atoms with Crippen molar-refractivity contribution >= 4 is 50.9 Å². The Morgan fingerprint density at radius 1 is 1.10 bits per heavy atom. The summed E-state index contributed by atoms with van der Waals surface area (Å²) in [5.41, 5.74) is 0.849. The van der Waals surface area contributed by atoms with Crippen LogP contribution in [0.3, 0.4) is 0 Å². The third-order valence-electron chi connectivity index (χ3n) is 4.12. The number of ether oxygens (including phenoxy) is 1. The molecule has 12 heteroatoms. The minimum absolute atomic E-state index is 0.0728. The van der Waals surface area contributed by atoms with Gasteiger partial charge in [-0.1, -0.05) is 11.3 Å². The van der Waals surface area contributed by atoms with Gasteiger partial charge in [0.2, 0.25) is 0 Å². The van der Waals surface area contributed by atoms with Crippen molar-refractivity contribution in [1.82, 2.24) is 4.57 Å². The summed E-state index contributed by atoms with van der Waals surface area (Å²) in [5.74, 6) is -1.22. The molecule has 1 amide bonds. The lowest BCUT2D eigenvalue weighted by molar-refractivity contribution is -0.385. The first-order chi connectivity index (χ1) is 14.8. The van der Waals surface area contributed by atoms with E-state index in [1.165, 1.54) is 66.3 Å². The standard InChI is InChI=1S/C19H14N4O7S/c1-30-18(25)11-21-15-8-7-14(23(28)29)10-16(15)31-19(21)20-17(24)9-4-12-2-5-13(6-3-12)22(26)27/h2-10H,11H2,1H3. The second-order valence-electron chi connectivity index (χ2n) is 6.09. The summed E-state index contributed by atoms with van der Waals surface area (Å²) < 4.78 is 6.59. The van der Waals surface area contributed by atoms with Crippen LogP contribution >= 0.6 is 11.3 Å². The molecule has 0 saturated heterocycles. The summed E-state index contributed by atoms with van der Waals surface area (Å²) in [5, 5.41) is 21.7. The van der Waals surface area contributed by atoms with E-state index in [1.54, 1.807) is 0 Å².